The summed E-state index contributed by atoms with van der Waals surface area (Å²) in [4.78, 5) is 4.29. The van der Waals surface area contributed by atoms with Crippen molar-refractivity contribution in [1.29, 1.82) is 0 Å². The molecule has 150 valence electrons. The summed E-state index contributed by atoms with van der Waals surface area (Å²) in [5.74, 6) is 0.763. The first kappa shape index (κ1) is 20.6. The van der Waals surface area contributed by atoms with E-state index >= 15 is 0 Å². The number of hydrogen-bond donors (Lipinski definition) is 2. The zero-order valence-corrected chi connectivity index (χ0v) is 17.0. The van der Waals surface area contributed by atoms with E-state index in [1.165, 1.54) is 11.1 Å². The normalized spacial score (nSPS) is 15.4. The molecule has 0 radical (unpaired) electrons. The van der Waals surface area contributed by atoms with Crippen LogP contribution in [0.25, 0.3) is 0 Å². The number of nitrogens with zero attached hydrogens (tertiary/aromatic N) is 1. The van der Waals surface area contributed by atoms with Gasteiger partial charge in [0, 0.05) is 38.4 Å². The molecule has 0 amide bonds. The number of benzene rings is 2. The number of guanidine groups is 1. The quantitative estimate of drug-likeness (QED) is 0.545. The van der Waals surface area contributed by atoms with Crippen LogP contribution in [0.4, 0.5) is 0 Å². The fraction of sp³-hybridized carbons (Fsp3) is 0.409. The molecule has 3 rings (SSSR count). The molecule has 0 unspecified atom stereocenters. The lowest BCUT2D eigenvalue weighted by Gasteiger charge is -2.22. The highest BCUT2D eigenvalue weighted by Gasteiger charge is 2.14. The van der Waals surface area contributed by atoms with Gasteiger partial charge in [-0.2, -0.15) is 0 Å². The summed E-state index contributed by atoms with van der Waals surface area (Å²) in [6.45, 7) is 3.64. The number of aliphatic imine (C=N–C) groups is 1. The van der Waals surface area contributed by atoms with E-state index in [4.69, 9.17) is 21.1 Å². The van der Waals surface area contributed by atoms with Gasteiger partial charge >= 0.3 is 0 Å². The summed E-state index contributed by atoms with van der Waals surface area (Å²) >= 11 is 5.93. The maximum absolute atomic E-state index is 6.02. The Morgan fingerprint density at radius 2 is 1.71 bits per heavy atom. The molecular weight excluding hydrogens is 374 g/mol. The summed E-state index contributed by atoms with van der Waals surface area (Å²) in [5, 5.41) is 7.42. The highest BCUT2D eigenvalue weighted by Crippen LogP contribution is 2.14. The van der Waals surface area contributed by atoms with Crippen molar-refractivity contribution in [2.45, 2.75) is 38.6 Å². The fourth-order valence-corrected chi connectivity index (χ4v) is 3.21. The van der Waals surface area contributed by atoms with Gasteiger partial charge in [-0.1, -0.05) is 48.0 Å². The van der Waals surface area contributed by atoms with Gasteiger partial charge in [0.2, 0.25) is 0 Å². The van der Waals surface area contributed by atoms with Gasteiger partial charge < -0.3 is 20.1 Å². The molecule has 0 saturated carbocycles. The van der Waals surface area contributed by atoms with E-state index in [9.17, 15) is 0 Å². The third-order valence-electron chi connectivity index (χ3n) is 4.70. The Morgan fingerprint density at radius 1 is 1.04 bits per heavy atom. The van der Waals surface area contributed by atoms with Crippen molar-refractivity contribution in [3.8, 4) is 0 Å². The van der Waals surface area contributed by atoms with E-state index in [1.54, 1.807) is 7.05 Å². The predicted octanol–water partition coefficient (Wildman–Crippen LogP) is 3.90. The standard InChI is InChI=1S/C22H28ClN3O2/c1-24-22(25-14-17-5-7-20(23)8-6-17)26-15-18-3-2-4-19(13-18)16-28-21-9-11-27-12-10-21/h2-8,13,21H,9-12,14-16H2,1H3,(H2,24,25,26). The first-order chi connectivity index (χ1) is 13.7. The van der Waals surface area contributed by atoms with Crippen LogP contribution in [0.5, 0.6) is 0 Å². The van der Waals surface area contributed by atoms with Gasteiger partial charge in [-0.3, -0.25) is 4.99 Å². The summed E-state index contributed by atoms with van der Waals surface area (Å²) in [6.07, 6.45) is 2.28. The number of rotatable bonds is 7. The highest BCUT2D eigenvalue weighted by molar-refractivity contribution is 6.30. The summed E-state index contributed by atoms with van der Waals surface area (Å²) in [7, 11) is 1.77. The molecule has 0 spiro atoms. The lowest BCUT2D eigenvalue weighted by atomic mass is 10.1. The van der Waals surface area contributed by atoms with Crippen LogP contribution in [0.15, 0.2) is 53.5 Å². The van der Waals surface area contributed by atoms with Crippen LogP contribution in [-0.4, -0.2) is 32.3 Å². The van der Waals surface area contributed by atoms with Crippen molar-refractivity contribution in [2.75, 3.05) is 20.3 Å². The lowest BCUT2D eigenvalue weighted by molar-refractivity contribution is -0.0390. The Labute approximate surface area is 172 Å². The number of ether oxygens (including phenoxy) is 2. The Balaban J connectivity index is 1.45. The summed E-state index contributed by atoms with van der Waals surface area (Å²) in [5.41, 5.74) is 3.54. The molecule has 5 nitrogen and oxygen atoms in total. The molecule has 6 heteroatoms. The molecule has 2 N–H and O–H groups in total. The van der Waals surface area contributed by atoms with Crippen LogP contribution in [0.3, 0.4) is 0 Å². The van der Waals surface area contributed by atoms with E-state index in [0.717, 1.165) is 42.6 Å². The van der Waals surface area contributed by atoms with Gasteiger partial charge in [0.05, 0.1) is 12.7 Å². The molecule has 0 bridgehead atoms. The highest BCUT2D eigenvalue weighted by atomic mass is 35.5. The lowest BCUT2D eigenvalue weighted by Crippen LogP contribution is -2.36. The molecule has 1 heterocycles. The van der Waals surface area contributed by atoms with Crippen molar-refractivity contribution in [3.63, 3.8) is 0 Å². The molecule has 2 aromatic carbocycles. The molecule has 1 fully saturated rings. The van der Waals surface area contributed by atoms with Gasteiger partial charge in [0.1, 0.15) is 0 Å². The summed E-state index contributed by atoms with van der Waals surface area (Å²) in [6, 6.07) is 16.3. The van der Waals surface area contributed by atoms with E-state index in [-0.39, 0.29) is 0 Å². The monoisotopic (exact) mass is 401 g/mol. The van der Waals surface area contributed by atoms with Crippen LogP contribution in [0.2, 0.25) is 5.02 Å². The minimum absolute atomic E-state index is 0.312. The zero-order valence-electron chi connectivity index (χ0n) is 16.3. The predicted molar refractivity (Wildman–Crippen MR) is 114 cm³/mol. The molecule has 2 aromatic rings. The number of halogens is 1. The molecule has 1 aliphatic heterocycles. The minimum Gasteiger partial charge on any atom is -0.381 e. The molecule has 1 saturated heterocycles. The second-order valence-corrected chi connectivity index (χ2v) is 7.28. The van der Waals surface area contributed by atoms with Crippen LogP contribution < -0.4 is 10.6 Å². The molecule has 28 heavy (non-hydrogen) atoms. The van der Waals surface area contributed by atoms with Crippen molar-refractivity contribution in [1.82, 2.24) is 10.6 Å². The molecule has 0 atom stereocenters. The molecule has 1 aliphatic rings. The van der Waals surface area contributed by atoms with Gasteiger partial charge in [-0.05, 0) is 41.7 Å². The van der Waals surface area contributed by atoms with E-state index in [1.807, 2.05) is 24.3 Å². The van der Waals surface area contributed by atoms with E-state index in [2.05, 4.69) is 39.9 Å². The van der Waals surface area contributed by atoms with Crippen molar-refractivity contribution < 1.29 is 9.47 Å². The Hall–Kier alpha value is -2.08. The van der Waals surface area contributed by atoms with Crippen LogP contribution in [0.1, 0.15) is 29.5 Å². The van der Waals surface area contributed by atoms with Gasteiger partial charge in [-0.25, -0.2) is 0 Å². The zero-order chi connectivity index (χ0) is 19.6. The van der Waals surface area contributed by atoms with Gasteiger partial charge in [0.15, 0.2) is 5.96 Å². The summed E-state index contributed by atoms with van der Waals surface area (Å²) < 4.78 is 11.4. The maximum atomic E-state index is 6.02. The Bertz CT molecular complexity index is 759. The maximum Gasteiger partial charge on any atom is 0.191 e. The third-order valence-corrected chi connectivity index (χ3v) is 4.95. The second-order valence-electron chi connectivity index (χ2n) is 6.85. The number of nitrogens with one attached hydrogen (secondary N) is 2. The van der Waals surface area contributed by atoms with Crippen LogP contribution >= 0.6 is 11.6 Å². The minimum atomic E-state index is 0.312. The van der Waals surface area contributed by atoms with Crippen molar-refractivity contribution in [2.24, 2.45) is 4.99 Å². The topological polar surface area (TPSA) is 54.9 Å². The SMILES string of the molecule is CN=C(NCc1ccc(Cl)cc1)NCc1cccc(COC2CCOCC2)c1. The largest absolute Gasteiger partial charge is 0.381 e. The first-order valence-electron chi connectivity index (χ1n) is 9.69. The van der Waals surface area contributed by atoms with Crippen LogP contribution in [0, 0.1) is 0 Å². The smallest absolute Gasteiger partial charge is 0.191 e. The average molecular weight is 402 g/mol. The Morgan fingerprint density at radius 3 is 2.43 bits per heavy atom. The number of hydrogen-bond acceptors (Lipinski definition) is 3. The average Bonchev–Trinajstić information content (AvgIpc) is 2.75. The molecular formula is C22H28ClN3O2. The van der Waals surface area contributed by atoms with E-state index < -0.39 is 0 Å². The fourth-order valence-electron chi connectivity index (χ4n) is 3.08. The van der Waals surface area contributed by atoms with Crippen molar-refractivity contribution in [3.05, 3.63) is 70.2 Å². The van der Waals surface area contributed by atoms with Crippen molar-refractivity contribution >= 4 is 17.6 Å². The Kier molecular flexibility index (Phi) is 8.15. The second kappa shape index (κ2) is 11.1. The van der Waals surface area contributed by atoms with E-state index in [0.29, 0.717) is 25.8 Å². The van der Waals surface area contributed by atoms with Gasteiger partial charge in [-0.15, -0.1) is 0 Å². The first-order valence-corrected chi connectivity index (χ1v) is 10.1. The van der Waals surface area contributed by atoms with Gasteiger partial charge in [0.25, 0.3) is 0 Å². The molecule has 0 aliphatic carbocycles. The third kappa shape index (κ3) is 6.82. The molecule has 0 aromatic heterocycles. The van der Waals surface area contributed by atoms with Crippen LogP contribution in [-0.2, 0) is 29.2 Å².